The number of aliphatic imine (C=N–C) groups is 1. The number of halogens is 1. The van der Waals surface area contributed by atoms with Crippen LogP contribution in [-0.4, -0.2) is 76.1 Å². The summed E-state index contributed by atoms with van der Waals surface area (Å²) in [6.07, 6.45) is 6.02. The molecule has 186 valence electrons. The molecule has 33 heavy (non-hydrogen) atoms. The number of ether oxygens (including phenoxy) is 4. The molecule has 0 aliphatic carbocycles. The van der Waals surface area contributed by atoms with Crippen molar-refractivity contribution in [1.82, 2.24) is 10.2 Å². The minimum Gasteiger partial charge on any atom is -0.496 e. The van der Waals surface area contributed by atoms with Gasteiger partial charge in [-0.05, 0) is 56.7 Å². The van der Waals surface area contributed by atoms with E-state index in [1.54, 1.807) is 19.2 Å². The number of carbonyl (C=O) groups is 1. The predicted molar refractivity (Wildman–Crippen MR) is 139 cm³/mol. The number of esters is 1. The molecule has 0 aromatic heterocycles. The van der Waals surface area contributed by atoms with Crippen LogP contribution in [0.3, 0.4) is 0 Å². The number of piperidine rings is 1. The Hall–Kier alpha value is -1.59. The summed E-state index contributed by atoms with van der Waals surface area (Å²) in [6.45, 7) is 6.70. The topological polar surface area (TPSA) is 81.6 Å². The monoisotopic (exact) mass is 575 g/mol. The Kier molecular flexibility index (Phi) is 12.3. The van der Waals surface area contributed by atoms with E-state index < -0.39 is 5.97 Å². The van der Waals surface area contributed by atoms with Crippen LogP contribution in [0, 0.1) is 0 Å². The lowest BCUT2D eigenvalue weighted by Crippen LogP contribution is -2.47. The van der Waals surface area contributed by atoms with Crippen LogP contribution in [0.1, 0.15) is 54.9 Å². The van der Waals surface area contributed by atoms with Crippen molar-refractivity contribution in [3.8, 4) is 5.75 Å². The van der Waals surface area contributed by atoms with Crippen molar-refractivity contribution in [1.29, 1.82) is 0 Å². The molecule has 0 amide bonds. The molecule has 1 atom stereocenters. The van der Waals surface area contributed by atoms with E-state index in [0.29, 0.717) is 24.5 Å². The van der Waals surface area contributed by atoms with Crippen molar-refractivity contribution in [2.24, 2.45) is 4.99 Å². The maximum atomic E-state index is 12.0. The van der Waals surface area contributed by atoms with E-state index in [1.807, 2.05) is 6.07 Å². The van der Waals surface area contributed by atoms with Gasteiger partial charge >= 0.3 is 5.97 Å². The van der Waals surface area contributed by atoms with Gasteiger partial charge in [-0.2, -0.15) is 0 Å². The summed E-state index contributed by atoms with van der Waals surface area (Å²) in [6, 6.07) is 5.49. The Bertz CT molecular complexity index is 762. The smallest absolute Gasteiger partial charge is 0.341 e. The Morgan fingerprint density at radius 2 is 2.00 bits per heavy atom. The van der Waals surface area contributed by atoms with Crippen LogP contribution < -0.4 is 10.1 Å². The van der Waals surface area contributed by atoms with Crippen molar-refractivity contribution in [2.75, 3.05) is 47.1 Å². The third-order valence-electron chi connectivity index (χ3n) is 5.95. The first-order valence-electron chi connectivity index (χ1n) is 11.7. The highest BCUT2D eigenvalue weighted by Crippen LogP contribution is 2.22. The molecule has 1 aromatic carbocycles. The summed E-state index contributed by atoms with van der Waals surface area (Å²) in [7, 11) is 2.91. The van der Waals surface area contributed by atoms with Gasteiger partial charge in [0.05, 0.1) is 39.6 Å². The van der Waals surface area contributed by atoms with E-state index in [0.717, 1.165) is 57.0 Å². The highest BCUT2D eigenvalue weighted by Gasteiger charge is 2.24. The second-order valence-electron chi connectivity index (χ2n) is 8.20. The van der Waals surface area contributed by atoms with Crippen LogP contribution in [0.5, 0.6) is 5.75 Å². The predicted octanol–water partition coefficient (Wildman–Crippen LogP) is 3.62. The Morgan fingerprint density at radius 3 is 2.64 bits per heavy atom. The molecule has 1 aromatic rings. The van der Waals surface area contributed by atoms with E-state index in [9.17, 15) is 4.79 Å². The second kappa shape index (κ2) is 14.6. The van der Waals surface area contributed by atoms with Crippen LogP contribution in [0.15, 0.2) is 23.2 Å². The van der Waals surface area contributed by atoms with Crippen molar-refractivity contribution < 1.29 is 23.7 Å². The first-order valence-corrected chi connectivity index (χ1v) is 11.7. The number of rotatable bonds is 8. The Morgan fingerprint density at radius 1 is 1.21 bits per heavy atom. The minimum atomic E-state index is -0.416. The van der Waals surface area contributed by atoms with Crippen molar-refractivity contribution in [3.63, 3.8) is 0 Å². The molecule has 2 aliphatic rings. The van der Waals surface area contributed by atoms with E-state index in [1.165, 1.54) is 20.0 Å². The SMILES string of the molecule is CCNC(=NCc1ccc(OC)c(C(=O)OC)c1)N1CCC(OCC2CCCCO2)CC1.I. The molecule has 1 N–H and O–H groups in total. The van der Waals surface area contributed by atoms with Crippen LogP contribution in [0.25, 0.3) is 0 Å². The maximum absolute atomic E-state index is 12.0. The third-order valence-corrected chi connectivity index (χ3v) is 5.95. The van der Waals surface area contributed by atoms with Gasteiger partial charge < -0.3 is 29.2 Å². The van der Waals surface area contributed by atoms with Gasteiger partial charge in [0.1, 0.15) is 11.3 Å². The molecule has 3 rings (SSSR count). The molecule has 2 saturated heterocycles. The molecule has 0 saturated carbocycles. The Labute approximate surface area is 214 Å². The zero-order valence-corrected chi connectivity index (χ0v) is 22.3. The largest absolute Gasteiger partial charge is 0.496 e. The molecule has 2 aliphatic heterocycles. The van der Waals surface area contributed by atoms with Crippen molar-refractivity contribution in [3.05, 3.63) is 29.3 Å². The lowest BCUT2D eigenvalue weighted by atomic mass is 10.1. The molecule has 2 heterocycles. The number of benzene rings is 1. The van der Waals surface area contributed by atoms with Crippen molar-refractivity contribution in [2.45, 2.75) is 57.8 Å². The average Bonchev–Trinajstić information content (AvgIpc) is 2.85. The molecule has 2 fully saturated rings. The summed E-state index contributed by atoms with van der Waals surface area (Å²) < 4.78 is 22.1. The second-order valence-corrected chi connectivity index (χ2v) is 8.20. The minimum absolute atomic E-state index is 0. The van der Waals surface area contributed by atoms with Gasteiger partial charge in [0.2, 0.25) is 0 Å². The molecule has 8 nitrogen and oxygen atoms in total. The van der Waals surface area contributed by atoms with Gasteiger partial charge in [0, 0.05) is 26.2 Å². The zero-order valence-electron chi connectivity index (χ0n) is 20.0. The van der Waals surface area contributed by atoms with E-state index in [-0.39, 0.29) is 36.2 Å². The Balaban J connectivity index is 0.00000385. The summed E-state index contributed by atoms with van der Waals surface area (Å²) in [5.74, 6) is 0.967. The summed E-state index contributed by atoms with van der Waals surface area (Å²) in [5, 5.41) is 3.39. The molecule has 0 spiro atoms. The van der Waals surface area contributed by atoms with E-state index in [4.69, 9.17) is 23.9 Å². The number of hydrogen-bond acceptors (Lipinski definition) is 6. The number of nitrogens with zero attached hydrogens (tertiary/aromatic N) is 2. The molecular weight excluding hydrogens is 537 g/mol. The zero-order chi connectivity index (χ0) is 22.8. The van der Waals surface area contributed by atoms with Gasteiger partial charge in [-0.15, -0.1) is 24.0 Å². The number of guanidine groups is 1. The van der Waals surface area contributed by atoms with Crippen LogP contribution in [-0.2, 0) is 20.8 Å². The number of carbonyl (C=O) groups excluding carboxylic acids is 1. The van der Waals surface area contributed by atoms with Gasteiger partial charge in [0.25, 0.3) is 0 Å². The average molecular weight is 575 g/mol. The summed E-state index contributed by atoms with van der Waals surface area (Å²) >= 11 is 0. The highest BCUT2D eigenvalue weighted by molar-refractivity contribution is 14.0. The van der Waals surface area contributed by atoms with Crippen molar-refractivity contribution >= 4 is 35.9 Å². The molecule has 9 heteroatoms. The molecule has 0 radical (unpaired) electrons. The maximum Gasteiger partial charge on any atom is 0.341 e. The standard InChI is InChI=1S/C24H37N3O5.HI/c1-4-25-24(26-16-18-8-9-22(29-2)21(15-18)23(28)30-3)27-12-10-19(11-13-27)32-17-20-7-5-6-14-31-20;/h8-9,15,19-20H,4-7,10-14,16-17H2,1-3H3,(H,25,26);1H. The lowest BCUT2D eigenvalue weighted by Gasteiger charge is -2.35. The quantitative estimate of drug-likeness (QED) is 0.220. The van der Waals surface area contributed by atoms with Gasteiger partial charge in [-0.1, -0.05) is 6.07 Å². The number of nitrogens with one attached hydrogen (secondary N) is 1. The van der Waals surface area contributed by atoms with E-state index in [2.05, 4.69) is 17.1 Å². The first kappa shape index (κ1) is 27.7. The number of hydrogen-bond donors (Lipinski definition) is 1. The molecule has 1 unspecified atom stereocenters. The van der Waals surface area contributed by atoms with E-state index >= 15 is 0 Å². The van der Waals surface area contributed by atoms with Gasteiger partial charge in [-0.3, -0.25) is 0 Å². The number of likely N-dealkylation sites (tertiary alicyclic amines) is 1. The summed E-state index contributed by atoms with van der Waals surface area (Å²) in [4.78, 5) is 19.1. The fraction of sp³-hybridized carbons (Fsp3) is 0.667. The first-order chi connectivity index (χ1) is 15.6. The lowest BCUT2D eigenvalue weighted by molar-refractivity contribution is -0.0721. The van der Waals surface area contributed by atoms with Gasteiger partial charge in [-0.25, -0.2) is 9.79 Å². The number of methoxy groups -OCH3 is 2. The normalized spacial score (nSPS) is 19.5. The van der Waals surface area contributed by atoms with Crippen LogP contribution in [0.2, 0.25) is 0 Å². The van der Waals surface area contributed by atoms with Gasteiger partial charge in [0.15, 0.2) is 5.96 Å². The fourth-order valence-corrected chi connectivity index (χ4v) is 4.13. The molecular formula is C24H38IN3O5. The highest BCUT2D eigenvalue weighted by atomic mass is 127. The summed E-state index contributed by atoms with van der Waals surface area (Å²) in [5.41, 5.74) is 1.33. The van der Waals surface area contributed by atoms with Crippen LogP contribution in [0.4, 0.5) is 0 Å². The third kappa shape index (κ3) is 8.29. The molecule has 0 bridgehead atoms. The van der Waals surface area contributed by atoms with Crippen LogP contribution >= 0.6 is 24.0 Å². The fourth-order valence-electron chi connectivity index (χ4n) is 4.13.